The maximum absolute atomic E-state index is 13.3. The molecule has 2 aliphatic heterocycles. The van der Waals surface area contributed by atoms with Gasteiger partial charge in [0.05, 0.1) is 35.7 Å². The van der Waals surface area contributed by atoms with Gasteiger partial charge in [0.1, 0.15) is 30.0 Å². The molecule has 1 saturated heterocycles. The molecule has 39 heavy (non-hydrogen) atoms. The smallest absolute Gasteiger partial charge is 0.340 e. The van der Waals surface area contributed by atoms with E-state index in [1.165, 1.54) is 0 Å². The Kier molecular flexibility index (Phi) is 6.33. The average Bonchev–Trinajstić information content (AvgIpc) is 3.64. The number of alkyl halides is 1. The minimum Gasteiger partial charge on any atom is -0.470 e. The van der Waals surface area contributed by atoms with Gasteiger partial charge in [0.15, 0.2) is 0 Å². The summed E-state index contributed by atoms with van der Waals surface area (Å²) in [5.74, 6) is 0.501. The summed E-state index contributed by atoms with van der Waals surface area (Å²) in [6, 6.07) is 5.10. The zero-order chi connectivity index (χ0) is 27.4. The van der Waals surface area contributed by atoms with Crippen molar-refractivity contribution in [2.24, 2.45) is 11.7 Å². The molecule has 0 radical (unpaired) electrons. The summed E-state index contributed by atoms with van der Waals surface area (Å²) in [4.78, 5) is 39.9. The summed E-state index contributed by atoms with van der Waals surface area (Å²) in [5, 5.41) is 4.81. The zero-order valence-corrected chi connectivity index (χ0v) is 22.1. The third-order valence-electron chi connectivity index (χ3n) is 7.90. The van der Waals surface area contributed by atoms with Crippen LogP contribution in [0.4, 0.5) is 16.0 Å². The molecule has 1 aliphatic carbocycles. The van der Waals surface area contributed by atoms with E-state index in [-0.39, 0.29) is 36.0 Å². The van der Waals surface area contributed by atoms with Gasteiger partial charge >= 0.3 is 5.97 Å². The van der Waals surface area contributed by atoms with Crippen molar-refractivity contribution < 1.29 is 23.5 Å². The highest BCUT2D eigenvalue weighted by Crippen LogP contribution is 2.38. The van der Waals surface area contributed by atoms with Crippen molar-refractivity contribution in [2.45, 2.75) is 64.0 Å². The number of halogens is 1. The van der Waals surface area contributed by atoms with E-state index in [0.717, 1.165) is 17.4 Å². The molecule has 5 heterocycles. The van der Waals surface area contributed by atoms with Crippen molar-refractivity contribution in [3.63, 3.8) is 0 Å². The van der Waals surface area contributed by atoms with Crippen molar-refractivity contribution in [2.75, 3.05) is 18.4 Å². The van der Waals surface area contributed by atoms with Gasteiger partial charge in [-0.25, -0.2) is 24.1 Å². The van der Waals surface area contributed by atoms with Gasteiger partial charge in [-0.1, -0.05) is 13.8 Å². The predicted octanol–water partition coefficient (Wildman–Crippen LogP) is 3.79. The Morgan fingerprint density at radius 1 is 1.23 bits per heavy atom. The molecule has 3 N–H and O–H groups in total. The number of nitrogens with zero attached hydrogens (tertiary/aromatic N) is 4. The molecule has 6 rings (SSSR count). The largest absolute Gasteiger partial charge is 0.470 e. The number of cyclic esters (lactones) is 1. The van der Waals surface area contributed by atoms with E-state index in [2.05, 4.69) is 15.3 Å². The molecule has 3 aromatic heterocycles. The second-order valence-corrected chi connectivity index (χ2v) is 10.6. The summed E-state index contributed by atoms with van der Waals surface area (Å²) < 4.78 is 24.8. The quantitative estimate of drug-likeness (QED) is 0.435. The number of carbonyl (C=O) groups is 2. The van der Waals surface area contributed by atoms with E-state index in [0.29, 0.717) is 53.7 Å². The van der Waals surface area contributed by atoms with Crippen LogP contribution in [0, 0.1) is 5.92 Å². The van der Waals surface area contributed by atoms with Crippen molar-refractivity contribution in [3.8, 4) is 5.88 Å². The monoisotopic (exact) mass is 534 g/mol. The van der Waals surface area contributed by atoms with Crippen LogP contribution in [0.2, 0.25) is 0 Å². The van der Waals surface area contributed by atoms with Crippen molar-refractivity contribution >= 4 is 34.3 Å². The fourth-order valence-electron chi connectivity index (χ4n) is 5.07. The zero-order valence-electron chi connectivity index (χ0n) is 22.1. The topological polar surface area (TPSA) is 133 Å². The van der Waals surface area contributed by atoms with Crippen LogP contribution in [0.1, 0.15) is 67.2 Å². The number of pyridine rings is 3. The Hall–Kier alpha value is -3.86. The van der Waals surface area contributed by atoms with E-state index in [1.54, 1.807) is 29.4 Å². The van der Waals surface area contributed by atoms with Crippen LogP contribution in [-0.2, 0) is 9.53 Å². The lowest BCUT2D eigenvalue weighted by Gasteiger charge is -2.39. The standard InChI is InChI=1S/C28H31FN6O4/c1-4-22(30)19-9-32-26(39-15-11-35(12-15)27(36)18-7-21(18)29)20-10-31-24(8-17(19)20)33-23-6-5-16-25(34-23)13(2)14(3)38-28(16)37/h5-6,8-10,13-15,18,21-22H,4,7,11-12,30H2,1-3H3,(H,31,33,34)/t13-,14-,18+,21-,22-/m0/s1. The number of carbonyl (C=O) groups excluding carboxylic acids is 2. The summed E-state index contributed by atoms with van der Waals surface area (Å²) in [5.41, 5.74) is 8.44. The van der Waals surface area contributed by atoms with Crippen LogP contribution in [0.15, 0.2) is 30.6 Å². The molecule has 0 bridgehead atoms. The van der Waals surface area contributed by atoms with E-state index in [4.69, 9.17) is 20.2 Å². The minimum atomic E-state index is -1.01. The Labute approximate surface area is 225 Å². The molecule has 0 aromatic carbocycles. The minimum absolute atomic E-state index is 0.0376. The third-order valence-corrected chi connectivity index (χ3v) is 7.90. The summed E-state index contributed by atoms with van der Waals surface area (Å²) in [7, 11) is 0. The first-order valence-electron chi connectivity index (χ1n) is 13.4. The number of nitrogens with two attached hydrogens (primary N) is 1. The number of anilines is 2. The molecule has 204 valence electrons. The van der Waals surface area contributed by atoms with Crippen molar-refractivity contribution in [3.05, 3.63) is 47.4 Å². The number of hydrogen-bond donors (Lipinski definition) is 2. The predicted molar refractivity (Wildman–Crippen MR) is 142 cm³/mol. The number of esters is 1. The highest BCUT2D eigenvalue weighted by Gasteiger charge is 2.48. The number of aromatic nitrogens is 3. The number of hydrogen-bond acceptors (Lipinski definition) is 9. The van der Waals surface area contributed by atoms with Crippen LogP contribution in [-0.4, -0.2) is 63.2 Å². The van der Waals surface area contributed by atoms with Gasteiger partial charge in [-0.3, -0.25) is 4.79 Å². The molecule has 11 heteroatoms. The van der Waals surface area contributed by atoms with Gasteiger partial charge in [0, 0.05) is 24.4 Å². The van der Waals surface area contributed by atoms with Gasteiger partial charge < -0.3 is 25.4 Å². The molecule has 10 nitrogen and oxygen atoms in total. The lowest BCUT2D eigenvalue weighted by molar-refractivity contribution is -0.141. The normalized spacial score (nSPS) is 24.9. The maximum Gasteiger partial charge on any atom is 0.340 e. The fourth-order valence-corrected chi connectivity index (χ4v) is 5.07. The first kappa shape index (κ1) is 25.4. The maximum atomic E-state index is 13.3. The Bertz CT molecular complexity index is 1460. The Morgan fingerprint density at radius 3 is 2.72 bits per heavy atom. The highest BCUT2D eigenvalue weighted by molar-refractivity contribution is 5.93. The fraction of sp³-hybridized carbons (Fsp3) is 0.464. The molecular weight excluding hydrogens is 503 g/mol. The van der Waals surface area contributed by atoms with Crippen LogP contribution in [0.3, 0.4) is 0 Å². The van der Waals surface area contributed by atoms with Crippen LogP contribution < -0.4 is 15.8 Å². The second-order valence-electron chi connectivity index (χ2n) is 10.6. The highest BCUT2D eigenvalue weighted by atomic mass is 19.1. The first-order chi connectivity index (χ1) is 18.7. The van der Waals surface area contributed by atoms with Crippen molar-refractivity contribution in [1.82, 2.24) is 19.9 Å². The average molecular weight is 535 g/mol. The van der Waals surface area contributed by atoms with Crippen LogP contribution in [0.25, 0.3) is 10.8 Å². The van der Waals surface area contributed by atoms with E-state index in [1.807, 2.05) is 26.8 Å². The molecular formula is C28H31FN6O4. The van der Waals surface area contributed by atoms with Crippen molar-refractivity contribution in [1.29, 1.82) is 0 Å². The molecule has 0 spiro atoms. The molecule has 3 aliphatic rings. The number of ether oxygens (including phenoxy) is 2. The van der Waals surface area contributed by atoms with Gasteiger partial charge in [0.25, 0.3) is 0 Å². The third kappa shape index (κ3) is 4.64. The molecule has 3 aromatic rings. The van der Waals surface area contributed by atoms with Gasteiger partial charge in [0.2, 0.25) is 11.8 Å². The van der Waals surface area contributed by atoms with E-state index >= 15 is 0 Å². The first-order valence-corrected chi connectivity index (χ1v) is 13.4. The lowest BCUT2D eigenvalue weighted by Crippen LogP contribution is -2.56. The Balaban J connectivity index is 1.25. The van der Waals surface area contributed by atoms with Gasteiger partial charge in [-0.05, 0) is 48.9 Å². The summed E-state index contributed by atoms with van der Waals surface area (Å²) >= 11 is 0. The molecule has 2 fully saturated rings. The lowest BCUT2D eigenvalue weighted by atomic mass is 9.94. The van der Waals surface area contributed by atoms with E-state index < -0.39 is 12.1 Å². The Morgan fingerprint density at radius 2 is 2.00 bits per heavy atom. The number of fused-ring (bicyclic) bond motifs is 2. The molecule has 1 saturated carbocycles. The van der Waals surface area contributed by atoms with E-state index in [9.17, 15) is 14.0 Å². The number of amides is 1. The second kappa shape index (κ2) is 9.71. The summed E-state index contributed by atoms with van der Waals surface area (Å²) in [6.07, 6.45) is 2.96. The van der Waals surface area contributed by atoms with Gasteiger partial charge in [-0.15, -0.1) is 0 Å². The van der Waals surface area contributed by atoms with Crippen LogP contribution >= 0.6 is 0 Å². The number of likely N-dealkylation sites (tertiary alicyclic amines) is 1. The summed E-state index contributed by atoms with van der Waals surface area (Å²) in [6.45, 7) is 6.66. The molecule has 0 unspecified atom stereocenters. The molecule has 5 atom stereocenters. The van der Waals surface area contributed by atoms with Gasteiger partial charge in [-0.2, -0.15) is 0 Å². The molecule has 1 amide bonds. The SMILES string of the molecule is CC[C@H](N)c1cnc(OC2CN(C(=O)[C@@H]3C[C@@H]3F)C2)c2cnc(Nc3ccc4c(n3)[C@@H](C)[C@H](C)OC4=O)cc12. The number of rotatable bonds is 7. The number of nitrogens with one attached hydrogen (secondary N) is 1. The van der Waals surface area contributed by atoms with Crippen LogP contribution in [0.5, 0.6) is 5.88 Å².